The first-order chi connectivity index (χ1) is 13.1. The highest BCUT2D eigenvalue weighted by Gasteiger charge is 2.22. The van der Waals surface area contributed by atoms with Crippen LogP contribution in [0.15, 0.2) is 70.5 Å². The Morgan fingerprint density at radius 2 is 1.44 bits per heavy atom. The first-order valence-corrected chi connectivity index (χ1v) is 9.39. The van der Waals surface area contributed by atoms with E-state index in [1.807, 2.05) is 24.3 Å². The minimum atomic E-state index is -0.523. The zero-order valence-corrected chi connectivity index (χ0v) is 15.2. The van der Waals surface area contributed by atoms with E-state index in [0.717, 1.165) is 11.4 Å². The van der Waals surface area contributed by atoms with Gasteiger partial charge in [-0.15, -0.1) is 4.73 Å². The van der Waals surface area contributed by atoms with Gasteiger partial charge < -0.3 is 20.0 Å². The first-order valence-electron chi connectivity index (χ1n) is 8.58. The summed E-state index contributed by atoms with van der Waals surface area (Å²) in [5.41, 5.74) is 2.24. The molecule has 0 amide bonds. The molecule has 4 rings (SSSR count). The lowest BCUT2D eigenvalue weighted by atomic mass is 10.2. The van der Waals surface area contributed by atoms with Crippen LogP contribution in [-0.2, 0) is 4.79 Å². The molecule has 0 saturated carbocycles. The largest absolute Gasteiger partial charge is 0.492 e. The molecule has 2 heterocycles. The van der Waals surface area contributed by atoms with E-state index in [1.54, 1.807) is 11.8 Å². The Labute approximate surface area is 160 Å². The standard InChI is InChI=1S/C20H18N2O4S/c23-18-11-12-19(24)22(18)26-20(25)10-5-13-21-14-6-1-3-8-16(14)27-17-9-4-2-7-15(17)21/h1-4,6-9,11-12,23-24H,5,10,13H2. The molecule has 0 atom stereocenters. The number of benzene rings is 2. The normalized spacial score (nSPS) is 12.4. The lowest BCUT2D eigenvalue weighted by molar-refractivity contribution is -0.145. The third-order valence-electron chi connectivity index (χ3n) is 4.29. The molecule has 0 aliphatic carbocycles. The van der Waals surface area contributed by atoms with Crippen LogP contribution in [-0.4, -0.2) is 27.5 Å². The zero-order valence-electron chi connectivity index (χ0n) is 14.4. The molecule has 2 aromatic carbocycles. The number of aromatic nitrogens is 1. The maximum Gasteiger partial charge on any atom is 0.333 e. The summed E-state index contributed by atoms with van der Waals surface area (Å²) >= 11 is 1.74. The number of fused-ring (bicyclic) bond motifs is 2. The summed E-state index contributed by atoms with van der Waals surface area (Å²) in [6, 6.07) is 18.9. The first kappa shape index (κ1) is 17.4. The molecule has 3 aromatic rings. The Morgan fingerprint density at radius 1 is 0.889 bits per heavy atom. The molecule has 7 heteroatoms. The molecule has 1 aliphatic rings. The molecule has 6 nitrogen and oxygen atoms in total. The average molecular weight is 382 g/mol. The number of rotatable bonds is 5. The second-order valence-corrected chi connectivity index (χ2v) is 7.18. The lowest BCUT2D eigenvalue weighted by Gasteiger charge is -2.32. The molecule has 1 aliphatic heterocycles. The molecule has 0 unspecified atom stereocenters. The number of para-hydroxylation sites is 2. The number of anilines is 2. The Hall–Kier alpha value is -3.06. The van der Waals surface area contributed by atoms with E-state index in [-0.39, 0.29) is 18.2 Å². The predicted octanol–water partition coefficient (Wildman–Crippen LogP) is 3.94. The van der Waals surface area contributed by atoms with Crippen LogP contribution in [0.2, 0.25) is 0 Å². The second kappa shape index (κ2) is 7.28. The fourth-order valence-corrected chi connectivity index (χ4v) is 4.14. The van der Waals surface area contributed by atoms with E-state index in [9.17, 15) is 15.0 Å². The minimum Gasteiger partial charge on any atom is -0.492 e. The van der Waals surface area contributed by atoms with Crippen molar-refractivity contribution in [3.05, 3.63) is 60.7 Å². The van der Waals surface area contributed by atoms with Crippen LogP contribution in [0.4, 0.5) is 11.4 Å². The summed E-state index contributed by atoms with van der Waals surface area (Å²) in [5.74, 6) is -1.17. The van der Waals surface area contributed by atoms with Crippen LogP contribution in [0.1, 0.15) is 12.8 Å². The summed E-state index contributed by atoms with van der Waals surface area (Å²) in [5, 5.41) is 19.1. The molecule has 0 fully saturated rings. The van der Waals surface area contributed by atoms with E-state index < -0.39 is 5.97 Å². The predicted molar refractivity (Wildman–Crippen MR) is 103 cm³/mol. The summed E-state index contributed by atoms with van der Waals surface area (Å²) in [6.07, 6.45) is 0.722. The molecule has 1 aromatic heterocycles. The van der Waals surface area contributed by atoms with Crippen molar-refractivity contribution in [3.63, 3.8) is 0 Å². The van der Waals surface area contributed by atoms with Crippen LogP contribution in [0.5, 0.6) is 11.8 Å². The van der Waals surface area contributed by atoms with Gasteiger partial charge in [0, 0.05) is 34.9 Å². The Balaban J connectivity index is 1.45. The second-order valence-electron chi connectivity index (χ2n) is 6.10. The number of carbonyl (C=O) groups is 1. The van der Waals surface area contributed by atoms with Crippen molar-refractivity contribution in [1.82, 2.24) is 4.73 Å². The average Bonchev–Trinajstić information content (AvgIpc) is 2.99. The number of hydrogen-bond donors (Lipinski definition) is 2. The number of hydrogen-bond acceptors (Lipinski definition) is 6. The van der Waals surface area contributed by atoms with Crippen LogP contribution >= 0.6 is 11.8 Å². The number of aromatic hydroxyl groups is 2. The van der Waals surface area contributed by atoms with E-state index in [0.29, 0.717) is 17.7 Å². The summed E-state index contributed by atoms with van der Waals surface area (Å²) in [6.45, 7) is 0.646. The summed E-state index contributed by atoms with van der Waals surface area (Å²) in [7, 11) is 0. The lowest BCUT2D eigenvalue weighted by Crippen LogP contribution is -2.24. The van der Waals surface area contributed by atoms with Gasteiger partial charge in [0.25, 0.3) is 0 Å². The fraction of sp³-hybridized carbons (Fsp3) is 0.150. The van der Waals surface area contributed by atoms with Crippen molar-refractivity contribution >= 4 is 29.1 Å². The van der Waals surface area contributed by atoms with Gasteiger partial charge in [-0.3, -0.25) is 0 Å². The van der Waals surface area contributed by atoms with Gasteiger partial charge in [0.1, 0.15) is 0 Å². The molecule has 2 N–H and O–H groups in total. The highest BCUT2D eigenvalue weighted by atomic mass is 32.2. The maximum absolute atomic E-state index is 12.1. The fourth-order valence-electron chi connectivity index (χ4n) is 3.05. The van der Waals surface area contributed by atoms with Gasteiger partial charge in [0.15, 0.2) is 0 Å². The van der Waals surface area contributed by atoms with Crippen molar-refractivity contribution < 1.29 is 19.8 Å². The smallest absolute Gasteiger partial charge is 0.333 e. The topological polar surface area (TPSA) is 74.9 Å². The quantitative estimate of drug-likeness (QED) is 0.696. The molecular formula is C20H18N2O4S. The van der Waals surface area contributed by atoms with E-state index in [1.165, 1.54) is 21.9 Å². The summed E-state index contributed by atoms with van der Waals surface area (Å²) in [4.78, 5) is 21.6. The molecule has 0 radical (unpaired) electrons. The van der Waals surface area contributed by atoms with Gasteiger partial charge in [-0.1, -0.05) is 36.0 Å². The van der Waals surface area contributed by atoms with E-state index >= 15 is 0 Å². The van der Waals surface area contributed by atoms with Crippen LogP contribution in [0.3, 0.4) is 0 Å². The minimum absolute atomic E-state index is 0.158. The van der Waals surface area contributed by atoms with Crippen LogP contribution in [0.25, 0.3) is 0 Å². The van der Waals surface area contributed by atoms with Gasteiger partial charge in [-0.2, -0.15) is 0 Å². The molecule has 27 heavy (non-hydrogen) atoms. The van der Waals surface area contributed by atoms with Gasteiger partial charge >= 0.3 is 5.97 Å². The number of nitrogens with zero attached hydrogens (tertiary/aromatic N) is 2. The molecule has 0 spiro atoms. The maximum atomic E-state index is 12.1. The van der Waals surface area contributed by atoms with Crippen molar-refractivity contribution in [1.29, 1.82) is 0 Å². The van der Waals surface area contributed by atoms with Crippen molar-refractivity contribution in [2.45, 2.75) is 22.6 Å². The van der Waals surface area contributed by atoms with Gasteiger partial charge in [0.05, 0.1) is 11.4 Å². The molecule has 138 valence electrons. The Bertz CT molecular complexity index is 921. The SMILES string of the molecule is O=C(CCCN1c2ccccc2Sc2ccccc21)On1c(O)ccc1O. The molecule has 0 saturated heterocycles. The van der Waals surface area contributed by atoms with E-state index in [4.69, 9.17) is 4.84 Å². The van der Waals surface area contributed by atoms with Gasteiger partial charge in [0.2, 0.25) is 11.8 Å². The Kier molecular flexibility index (Phi) is 4.68. The Morgan fingerprint density at radius 3 is 2.04 bits per heavy atom. The highest BCUT2D eigenvalue weighted by molar-refractivity contribution is 7.99. The number of carbonyl (C=O) groups excluding carboxylic acids is 1. The van der Waals surface area contributed by atoms with E-state index in [2.05, 4.69) is 29.2 Å². The van der Waals surface area contributed by atoms with Gasteiger partial charge in [-0.25, -0.2) is 4.79 Å². The van der Waals surface area contributed by atoms with Crippen molar-refractivity contribution in [2.75, 3.05) is 11.4 Å². The van der Waals surface area contributed by atoms with Gasteiger partial charge in [-0.05, 0) is 30.7 Å². The zero-order chi connectivity index (χ0) is 18.8. The monoisotopic (exact) mass is 382 g/mol. The highest BCUT2D eigenvalue weighted by Crippen LogP contribution is 2.47. The molecular weight excluding hydrogens is 364 g/mol. The third kappa shape index (κ3) is 3.46. The van der Waals surface area contributed by atoms with Crippen molar-refractivity contribution in [2.24, 2.45) is 0 Å². The van der Waals surface area contributed by atoms with Crippen LogP contribution in [0, 0.1) is 0 Å². The molecule has 0 bridgehead atoms. The third-order valence-corrected chi connectivity index (χ3v) is 5.42. The van der Waals surface area contributed by atoms with Crippen molar-refractivity contribution in [3.8, 4) is 11.8 Å². The summed E-state index contributed by atoms with van der Waals surface area (Å²) < 4.78 is 0.713. The van der Waals surface area contributed by atoms with Crippen LogP contribution < -0.4 is 9.74 Å².